The number of fused-ring (bicyclic) bond motifs is 25. The van der Waals surface area contributed by atoms with Gasteiger partial charge >= 0.3 is 0 Å². The lowest BCUT2D eigenvalue weighted by Crippen LogP contribution is -2.31. The quantitative estimate of drug-likeness (QED) is 0.141. The molecule has 15 heteroatoms. The number of hydrogen-bond donors (Lipinski definition) is 0. The Morgan fingerprint density at radius 1 is 0.284 bits per heavy atom. The van der Waals surface area contributed by atoms with Crippen molar-refractivity contribution in [1.82, 2.24) is 24.9 Å². The molecule has 0 amide bonds. The van der Waals surface area contributed by atoms with E-state index in [9.17, 15) is 0 Å². The molecular formula is C119H103N10O5+5. The van der Waals surface area contributed by atoms with Crippen molar-refractivity contribution in [2.45, 2.75) is 95.4 Å². The summed E-state index contributed by atoms with van der Waals surface area (Å²) in [5.74, 6) is 0.473. The molecule has 15 heterocycles. The monoisotopic (exact) mass is 1750 g/mol. The van der Waals surface area contributed by atoms with Gasteiger partial charge in [-0.3, -0.25) is 0 Å². The van der Waals surface area contributed by atoms with Crippen LogP contribution in [0.25, 0.3) is 220 Å². The number of pyridine rings is 10. The van der Waals surface area contributed by atoms with Gasteiger partial charge in [0.25, 0.3) is 0 Å². The number of rotatable bonds is 7. The molecule has 654 valence electrons. The summed E-state index contributed by atoms with van der Waals surface area (Å²) >= 11 is 0. The zero-order valence-corrected chi connectivity index (χ0v) is 78.1. The van der Waals surface area contributed by atoms with Gasteiger partial charge in [0.05, 0.1) is 54.7 Å². The zero-order valence-electron chi connectivity index (χ0n) is 81.1. The second-order valence-electron chi connectivity index (χ2n) is 35.9. The molecule has 0 aliphatic carbocycles. The van der Waals surface area contributed by atoms with E-state index >= 15 is 0 Å². The molecule has 25 rings (SSSR count). The minimum Gasteiger partial charge on any atom is -0.437 e. The maximum Gasteiger partial charge on any atom is 0.228 e. The normalized spacial score (nSPS) is 12.1. The third kappa shape index (κ3) is 14.5. The molecule has 0 atom stereocenters. The molecule has 0 N–H and O–H groups in total. The lowest BCUT2D eigenvalue weighted by atomic mass is 9.95. The van der Waals surface area contributed by atoms with Crippen molar-refractivity contribution in [2.75, 3.05) is 0 Å². The fourth-order valence-electron chi connectivity index (χ4n) is 19.8. The van der Waals surface area contributed by atoms with Crippen LogP contribution in [0.15, 0.2) is 320 Å². The van der Waals surface area contributed by atoms with Crippen molar-refractivity contribution in [1.29, 1.82) is 0 Å². The van der Waals surface area contributed by atoms with Gasteiger partial charge in [0.15, 0.2) is 58.9 Å². The smallest absolute Gasteiger partial charge is 0.228 e. The van der Waals surface area contributed by atoms with Crippen molar-refractivity contribution in [3.8, 4) is 56.3 Å². The summed E-state index contributed by atoms with van der Waals surface area (Å²) in [7, 11) is 10.3. The summed E-state index contributed by atoms with van der Waals surface area (Å²) in [5.41, 5.74) is 30.2. The summed E-state index contributed by atoms with van der Waals surface area (Å²) in [6.07, 6.45) is 17.1. The largest absolute Gasteiger partial charge is 0.437 e. The second-order valence-corrected chi connectivity index (χ2v) is 35.9. The Morgan fingerprint density at radius 3 is 1.06 bits per heavy atom. The Hall–Kier alpha value is -16.0. The minimum absolute atomic E-state index is 0.298. The minimum atomic E-state index is -2.27. The number of aryl methyl sites for hydroxylation is 15. The first-order valence-electron chi connectivity index (χ1n) is 47.2. The van der Waals surface area contributed by atoms with Gasteiger partial charge in [-0.1, -0.05) is 197 Å². The molecule has 0 aliphatic rings. The standard InChI is InChI=1S/C25H23N2O.2C24H21N2O.2C23H19N2O/c1-15(2)17-11-12-27(4)21(13-17)22-16(3)9-10-20-23-19-8-6-5-7-18(19)14-26-25(23)28-24(20)22;1-14-13-15(2)21-22-18-10-6-5-9-17(18)16(3)25-24(22)27-23(21)20(14)19-11-7-8-12-26(19)4;1-4-16-11-12-26(3)20(13-16)21-15(2)9-10-19-22-18-8-6-5-7-17(18)14-25-24(22)27-23(19)21;1-14-11-12-18-21-17-9-5-4-8-16(17)15(2)24-23(21)26-22(18)20(14)19-10-6-7-13-25(19)3;1-14-10-11-25(3)19(12-14)20-15(2)8-9-18-21-17-7-5-4-6-16(17)13-24-23(21)26-22(18)20/h5-15H,1-4H3;5-13H,1-4H3;5-14H,4H2,1-3H3;2*4-13H,1-3H3/q5*+1/i;2D3;;;. The Kier molecular flexibility index (Phi) is 20.7. The van der Waals surface area contributed by atoms with E-state index in [-0.39, 0.29) is 0 Å². The predicted octanol–water partition coefficient (Wildman–Crippen LogP) is 27.6. The first kappa shape index (κ1) is 81.2. The molecule has 134 heavy (non-hydrogen) atoms. The first-order chi connectivity index (χ1) is 66.3. The molecule has 10 aromatic carbocycles. The van der Waals surface area contributed by atoms with Crippen LogP contribution in [0.5, 0.6) is 0 Å². The van der Waals surface area contributed by atoms with Crippen LogP contribution in [0.1, 0.15) is 92.3 Å². The molecule has 0 fully saturated rings. The molecule has 0 saturated carbocycles. The maximum absolute atomic E-state index is 8.20. The van der Waals surface area contributed by atoms with Gasteiger partial charge in [0.2, 0.25) is 57.0 Å². The molecule has 0 radical (unpaired) electrons. The molecule has 15 aromatic heterocycles. The molecule has 15 nitrogen and oxygen atoms in total. The molecule has 0 aliphatic heterocycles. The molecule has 25 aromatic rings. The highest BCUT2D eigenvalue weighted by Crippen LogP contribution is 2.47. The number of hydrogen-bond acceptors (Lipinski definition) is 10. The Balaban J connectivity index is 0.000000102. The SMILES string of the molecule is CCc1cc[n+](C)c(-c2c(C)ccc3c2oc2ncc4ccccc4c23)c1.Cc1cc[n+](C)c(-c2c(C)ccc3c2oc2ncc4ccccc4c23)c1.Cc1ccc2c(oc3nc(C)c4ccccc4c32)c1-c1cccc[n+]1C.Cc1ccc2c(oc3ncc4ccccc4c32)c1-c1cc(C(C)C)cc[n+]1C.[2H]C([2H])([2H])c1cc(C)c(-c2cccc[n+]2C)c2oc3nc(C)c4ccccc4c3c12. The predicted molar refractivity (Wildman–Crippen MR) is 544 cm³/mol. The van der Waals surface area contributed by atoms with E-state index < -0.39 is 6.85 Å². The number of benzene rings is 10. The Bertz CT molecular complexity index is 9260. The van der Waals surface area contributed by atoms with E-state index in [1.54, 1.807) is 6.07 Å². The summed E-state index contributed by atoms with van der Waals surface area (Å²) in [5, 5.41) is 21.5. The average Bonchev–Trinajstić information content (AvgIpc) is 1.57. The summed E-state index contributed by atoms with van der Waals surface area (Å²) in [6.45, 7) is 21.0. The highest BCUT2D eigenvalue weighted by Gasteiger charge is 2.30. The van der Waals surface area contributed by atoms with E-state index in [4.69, 9.17) is 36.2 Å². The van der Waals surface area contributed by atoms with Crippen molar-refractivity contribution < 1.29 is 49.0 Å². The third-order valence-corrected chi connectivity index (χ3v) is 26.9. The molecule has 0 spiro atoms. The summed E-state index contributed by atoms with van der Waals surface area (Å²) in [6, 6.07) is 86.0. The zero-order chi connectivity index (χ0) is 94.8. The van der Waals surface area contributed by atoms with Gasteiger partial charge in [-0.05, 0) is 164 Å². The summed E-state index contributed by atoms with van der Waals surface area (Å²) in [4.78, 5) is 23.2. The van der Waals surface area contributed by atoms with Crippen LogP contribution in [-0.2, 0) is 41.7 Å². The lowest BCUT2D eigenvalue weighted by molar-refractivity contribution is -0.660. The van der Waals surface area contributed by atoms with Crippen molar-refractivity contribution in [2.24, 2.45) is 35.2 Å². The fourth-order valence-corrected chi connectivity index (χ4v) is 19.8. The van der Waals surface area contributed by atoms with Gasteiger partial charge in [-0.25, -0.2) is 47.8 Å². The fraction of sp³-hybridized carbons (Fsp3) is 0.160. The van der Waals surface area contributed by atoms with Crippen LogP contribution in [0.3, 0.4) is 0 Å². The van der Waals surface area contributed by atoms with E-state index in [1.165, 1.54) is 71.6 Å². The van der Waals surface area contributed by atoms with Crippen LogP contribution < -0.4 is 22.8 Å². The Morgan fingerprint density at radius 2 is 0.627 bits per heavy atom. The number of nitrogens with zero attached hydrogens (tertiary/aromatic N) is 10. The second kappa shape index (κ2) is 34.1. The van der Waals surface area contributed by atoms with E-state index in [0.717, 1.165) is 172 Å². The highest BCUT2D eigenvalue weighted by atomic mass is 16.4. The highest BCUT2D eigenvalue weighted by molar-refractivity contribution is 6.25. The van der Waals surface area contributed by atoms with Crippen LogP contribution >= 0.6 is 0 Å². The number of furan rings is 5. The third-order valence-electron chi connectivity index (χ3n) is 26.9. The Labute approximate surface area is 780 Å². The molecule has 0 saturated heterocycles. The summed E-state index contributed by atoms with van der Waals surface area (Å²) < 4.78 is 66.9. The topological polar surface area (TPSA) is 150 Å². The van der Waals surface area contributed by atoms with E-state index in [1.807, 2.05) is 124 Å². The van der Waals surface area contributed by atoms with Crippen LogP contribution in [0.4, 0.5) is 0 Å². The lowest BCUT2D eigenvalue weighted by Gasteiger charge is -2.09. The van der Waals surface area contributed by atoms with Gasteiger partial charge in [-0.2, -0.15) is 0 Å². The van der Waals surface area contributed by atoms with Crippen LogP contribution in [0.2, 0.25) is 0 Å². The van der Waals surface area contributed by atoms with Gasteiger partial charge in [0, 0.05) is 149 Å². The first-order valence-corrected chi connectivity index (χ1v) is 45.7. The van der Waals surface area contributed by atoms with Gasteiger partial charge in [-0.15, -0.1) is 0 Å². The number of aromatic nitrogens is 10. The van der Waals surface area contributed by atoms with Crippen molar-refractivity contribution in [3.05, 3.63) is 360 Å². The molecular weight excluding hydrogens is 1650 g/mol. The maximum atomic E-state index is 8.20. The van der Waals surface area contributed by atoms with E-state index in [2.05, 4.69) is 318 Å². The van der Waals surface area contributed by atoms with Crippen LogP contribution in [-0.4, -0.2) is 24.9 Å². The van der Waals surface area contributed by atoms with Gasteiger partial charge in [0.1, 0.15) is 35.2 Å². The molecule has 0 unspecified atom stereocenters. The van der Waals surface area contributed by atoms with Crippen molar-refractivity contribution in [3.63, 3.8) is 0 Å². The van der Waals surface area contributed by atoms with E-state index in [0.29, 0.717) is 51.0 Å². The average molecular weight is 1760 g/mol. The van der Waals surface area contributed by atoms with Gasteiger partial charge < -0.3 is 22.1 Å². The van der Waals surface area contributed by atoms with Crippen LogP contribution in [0, 0.1) is 62.2 Å². The molecule has 0 bridgehead atoms. The van der Waals surface area contributed by atoms with Crippen molar-refractivity contribution >= 4 is 164 Å².